The molecule has 0 radical (unpaired) electrons. The van der Waals surface area contributed by atoms with E-state index in [2.05, 4.69) is 36.9 Å². The zero-order chi connectivity index (χ0) is 15.1. The number of hydrogen-bond donors (Lipinski definition) is 1. The zero-order valence-corrected chi connectivity index (χ0v) is 13.4. The summed E-state index contributed by atoms with van der Waals surface area (Å²) in [7, 11) is 5.82. The van der Waals surface area contributed by atoms with Gasteiger partial charge in [0.1, 0.15) is 5.75 Å². The number of aliphatic hydroxyl groups is 1. The number of methoxy groups -OCH3 is 1. The highest BCUT2D eigenvalue weighted by molar-refractivity contribution is 5.60. The second-order valence-electron chi connectivity index (χ2n) is 5.31. The van der Waals surface area contributed by atoms with Gasteiger partial charge in [0.25, 0.3) is 0 Å². The molecule has 0 aliphatic carbocycles. The van der Waals surface area contributed by atoms with E-state index < -0.39 is 6.10 Å². The minimum Gasteiger partial charge on any atom is -0.496 e. The SMILES string of the molecule is CCN(CCCN(C)C)c1cccc(OC)c1[C@@H](C)O. The van der Waals surface area contributed by atoms with Crippen LogP contribution in [0.1, 0.15) is 31.9 Å². The molecule has 114 valence electrons. The number of ether oxygens (including phenoxy) is 1. The van der Waals surface area contributed by atoms with Gasteiger partial charge in [-0.15, -0.1) is 0 Å². The Morgan fingerprint density at radius 2 is 1.95 bits per heavy atom. The topological polar surface area (TPSA) is 35.9 Å². The van der Waals surface area contributed by atoms with Crippen LogP contribution in [-0.2, 0) is 0 Å². The first-order chi connectivity index (χ1) is 9.51. The Hall–Kier alpha value is -1.26. The van der Waals surface area contributed by atoms with Crippen LogP contribution in [0.5, 0.6) is 5.75 Å². The third-order valence-corrected chi connectivity index (χ3v) is 3.44. The second-order valence-corrected chi connectivity index (χ2v) is 5.31. The highest BCUT2D eigenvalue weighted by atomic mass is 16.5. The summed E-state index contributed by atoms with van der Waals surface area (Å²) in [5.41, 5.74) is 1.95. The molecule has 0 heterocycles. The molecule has 1 aromatic rings. The van der Waals surface area contributed by atoms with Crippen molar-refractivity contribution in [2.24, 2.45) is 0 Å². The largest absolute Gasteiger partial charge is 0.496 e. The van der Waals surface area contributed by atoms with Gasteiger partial charge in [0.05, 0.1) is 13.2 Å². The maximum absolute atomic E-state index is 10.1. The fourth-order valence-corrected chi connectivity index (χ4v) is 2.43. The van der Waals surface area contributed by atoms with Crippen LogP contribution in [0.25, 0.3) is 0 Å². The molecule has 0 spiro atoms. The van der Waals surface area contributed by atoms with Gasteiger partial charge in [0.2, 0.25) is 0 Å². The van der Waals surface area contributed by atoms with Crippen LogP contribution in [0.2, 0.25) is 0 Å². The lowest BCUT2D eigenvalue weighted by Gasteiger charge is -2.28. The first-order valence-electron chi connectivity index (χ1n) is 7.25. The average Bonchev–Trinajstić information content (AvgIpc) is 2.42. The van der Waals surface area contributed by atoms with E-state index in [9.17, 15) is 5.11 Å². The molecule has 1 aromatic carbocycles. The molecular formula is C16H28N2O2. The first kappa shape index (κ1) is 16.8. The summed E-state index contributed by atoms with van der Waals surface area (Å²) in [6.07, 6.45) is 0.557. The Labute approximate surface area is 123 Å². The van der Waals surface area contributed by atoms with Gasteiger partial charge >= 0.3 is 0 Å². The molecule has 20 heavy (non-hydrogen) atoms. The summed E-state index contributed by atoms with van der Waals surface area (Å²) >= 11 is 0. The van der Waals surface area contributed by atoms with Crippen molar-refractivity contribution >= 4 is 5.69 Å². The van der Waals surface area contributed by atoms with Crippen LogP contribution >= 0.6 is 0 Å². The normalized spacial score (nSPS) is 12.6. The number of benzene rings is 1. The summed E-state index contributed by atoms with van der Waals surface area (Å²) in [5.74, 6) is 0.753. The van der Waals surface area contributed by atoms with Crippen LogP contribution in [-0.4, -0.2) is 50.8 Å². The van der Waals surface area contributed by atoms with Crippen molar-refractivity contribution in [3.8, 4) is 5.75 Å². The Balaban J connectivity index is 2.96. The lowest BCUT2D eigenvalue weighted by Crippen LogP contribution is -2.28. The number of rotatable bonds is 8. The molecule has 0 amide bonds. The molecule has 0 fully saturated rings. The molecule has 1 rings (SSSR count). The molecule has 0 aromatic heterocycles. The van der Waals surface area contributed by atoms with Crippen molar-refractivity contribution in [3.63, 3.8) is 0 Å². The molecule has 4 heteroatoms. The van der Waals surface area contributed by atoms with E-state index in [1.807, 2.05) is 12.1 Å². The van der Waals surface area contributed by atoms with E-state index in [0.29, 0.717) is 0 Å². The summed E-state index contributed by atoms with van der Waals surface area (Å²) < 4.78 is 5.39. The molecule has 0 bridgehead atoms. The van der Waals surface area contributed by atoms with Gasteiger partial charge in [-0.05, 0) is 53.0 Å². The van der Waals surface area contributed by atoms with Crippen LogP contribution in [0, 0.1) is 0 Å². The van der Waals surface area contributed by atoms with Crippen LogP contribution < -0.4 is 9.64 Å². The molecule has 1 N–H and O–H groups in total. The quantitative estimate of drug-likeness (QED) is 0.794. The first-order valence-corrected chi connectivity index (χ1v) is 7.25. The van der Waals surface area contributed by atoms with E-state index in [0.717, 1.165) is 43.1 Å². The van der Waals surface area contributed by atoms with Gasteiger partial charge in [-0.1, -0.05) is 6.07 Å². The van der Waals surface area contributed by atoms with Crippen molar-refractivity contribution in [2.45, 2.75) is 26.4 Å². The Bertz CT molecular complexity index is 405. The molecular weight excluding hydrogens is 252 g/mol. The molecule has 4 nitrogen and oxygen atoms in total. The number of anilines is 1. The lowest BCUT2D eigenvalue weighted by molar-refractivity contribution is 0.194. The molecule has 0 saturated heterocycles. The van der Waals surface area contributed by atoms with E-state index in [4.69, 9.17) is 4.74 Å². The predicted octanol–water partition coefficient (Wildman–Crippen LogP) is 2.53. The Morgan fingerprint density at radius 1 is 1.25 bits per heavy atom. The summed E-state index contributed by atoms with van der Waals surface area (Å²) in [4.78, 5) is 4.49. The summed E-state index contributed by atoms with van der Waals surface area (Å²) in [6.45, 7) is 6.88. The van der Waals surface area contributed by atoms with Crippen molar-refractivity contribution in [1.82, 2.24) is 4.90 Å². The average molecular weight is 280 g/mol. The molecule has 0 aliphatic heterocycles. The van der Waals surface area contributed by atoms with Crippen LogP contribution in [0.4, 0.5) is 5.69 Å². The van der Waals surface area contributed by atoms with Crippen LogP contribution in [0.15, 0.2) is 18.2 Å². The lowest BCUT2D eigenvalue weighted by atomic mass is 10.1. The van der Waals surface area contributed by atoms with Gasteiger partial charge < -0.3 is 19.6 Å². The van der Waals surface area contributed by atoms with Crippen molar-refractivity contribution in [1.29, 1.82) is 0 Å². The van der Waals surface area contributed by atoms with Crippen molar-refractivity contribution in [2.75, 3.05) is 45.7 Å². The van der Waals surface area contributed by atoms with Gasteiger partial charge in [-0.3, -0.25) is 0 Å². The minimum atomic E-state index is -0.538. The number of nitrogens with zero attached hydrogens (tertiary/aromatic N) is 2. The predicted molar refractivity (Wildman–Crippen MR) is 84.7 cm³/mol. The third-order valence-electron chi connectivity index (χ3n) is 3.44. The minimum absolute atomic E-state index is 0.538. The van der Waals surface area contributed by atoms with E-state index in [-0.39, 0.29) is 0 Å². The smallest absolute Gasteiger partial charge is 0.126 e. The van der Waals surface area contributed by atoms with E-state index in [1.54, 1.807) is 14.0 Å². The third kappa shape index (κ3) is 4.39. The summed E-state index contributed by atoms with van der Waals surface area (Å²) in [6, 6.07) is 5.94. The van der Waals surface area contributed by atoms with Crippen molar-refractivity contribution in [3.05, 3.63) is 23.8 Å². The molecule has 0 aliphatic rings. The maximum Gasteiger partial charge on any atom is 0.126 e. The zero-order valence-electron chi connectivity index (χ0n) is 13.4. The molecule has 1 atom stereocenters. The van der Waals surface area contributed by atoms with Crippen LogP contribution in [0.3, 0.4) is 0 Å². The molecule has 0 saturated carbocycles. The van der Waals surface area contributed by atoms with E-state index >= 15 is 0 Å². The number of aliphatic hydroxyl groups excluding tert-OH is 1. The number of hydrogen-bond acceptors (Lipinski definition) is 4. The summed E-state index contributed by atoms with van der Waals surface area (Å²) in [5, 5.41) is 10.1. The fraction of sp³-hybridized carbons (Fsp3) is 0.625. The monoisotopic (exact) mass is 280 g/mol. The van der Waals surface area contributed by atoms with Gasteiger partial charge in [-0.2, -0.15) is 0 Å². The van der Waals surface area contributed by atoms with Gasteiger partial charge in [0.15, 0.2) is 0 Å². The molecule has 0 unspecified atom stereocenters. The van der Waals surface area contributed by atoms with E-state index in [1.165, 1.54) is 0 Å². The Kier molecular flexibility index (Phi) is 6.82. The Morgan fingerprint density at radius 3 is 2.45 bits per heavy atom. The van der Waals surface area contributed by atoms with Crippen molar-refractivity contribution < 1.29 is 9.84 Å². The second kappa shape index (κ2) is 8.12. The van der Waals surface area contributed by atoms with Gasteiger partial charge in [0, 0.05) is 24.3 Å². The standard InChI is InChI=1S/C16H28N2O2/c1-6-18(12-8-11-17(3)4)14-9-7-10-15(20-5)16(14)13(2)19/h7,9-10,13,19H,6,8,11-12H2,1-5H3/t13-/m1/s1. The highest BCUT2D eigenvalue weighted by Gasteiger charge is 2.17. The maximum atomic E-state index is 10.1. The highest BCUT2D eigenvalue weighted by Crippen LogP contribution is 2.34. The fourth-order valence-electron chi connectivity index (χ4n) is 2.43. The van der Waals surface area contributed by atoms with Gasteiger partial charge in [-0.25, -0.2) is 0 Å².